The third-order valence-electron chi connectivity index (χ3n) is 8.56. The van der Waals surface area contributed by atoms with Crippen molar-refractivity contribution >= 4 is 27.8 Å². The number of fused-ring (bicyclic) bond motifs is 3. The van der Waals surface area contributed by atoms with E-state index in [4.69, 9.17) is 9.97 Å². The van der Waals surface area contributed by atoms with Crippen LogP contribution in [0.1, 0.15) is 135 Å². The van der Waals surface area contributed by atoms with Crippen LogP contribution in [0.3, 0.4) is 0 Å². The molecule has 0 spiro atoms. The summed E-state index contributed by atoms with van der Waals surface area (Å²) in [5, 5.41) is 8.48. The Morgan fingerprint density at radius 2 is 1.30 bits per heavy atom. The molecule has 5 nitrogen and oxygen atoms in total. The summed E-state index contributed by atoms with van der Waals surface area (Å²) in [6.07, 6.45) is 18.6. The van der Waals surface area contributed by atoms with Gasteiger partial charge in [-0.3, -0.25) is 0 Å². The molecular formula is C39H59N5. The number of benzene rings is 2. The highest BCUT2D eigenvalue weighted by atomic mass is 15.1. The van der Waals surface area contributed by atoms with Crippen molar-refractivity contribution in [1.82, 2.24) is 19.9 Å². The van der Waals surface area contributed by atoms with Gasteiger partial charge in [0.2, 0.25) is 0 Å². The number of rotatable bonds is 20. The van der Waals surface area contributed by atoms with E-state index in [1.54, 1.807) is 0 Å². The first-order valence-corrected chi connectivity index (χ1v) is 17.7. The van der Waals surface area contributed by atoms with Crippen LogP contribution in [0.4, 0.5) is 5.82 Å². The lowest BCUT2D eigenvalue weighted by atomic mass is 10.1. The molecule has 44 heavy (non-hydrogen) atoms. The molecule has 2 aromatic heterocycles. The minimum Gasteiger partial charge on any atom is -0.364 e. The summed E-state index contributed by atoms with van der Waals surface area (Å²) in [6.45, 7) is 13.9. The van der Waals surface area contributed by atoms with E-state index in [0.717, 1.165) is 61.6 Å². The maximum absolute atomic E-state index is 5.23. The van der Waals surface area contributed by atoms with Gasteiger partial charge < -0.3 is 15.2 Å². The lowest BCUT2D eigenvalue weighted by molar-refractivity contribution is 0.539. The lowest BCUT2D eigenvalue weighted by Crippen LogP contribution is -2.26. The maximum atomic E-state index is 5.23. The molecule has 4 rings (SSSR count). The van der Waals surface area contributed by atoms with Crippen molar-refractivity contribution in [1.29, 1.82) is 0 Å². The van der Waals surface area contributed by atoms with E-state index in [9.17, 15) is 0 Å². The highest BCUT2D eigenvalue weighted by Gasteiger charge is 2.21. The van der Waals surface area contributed by atoms with E-state index in [2.05, 4.69) is 98.4 Å². The van der Waals surface area contributed by atoms with Crippen LogP contribution in [-0.2, 0) is 19.5 Å². The van der Waals surface area contributed by atoms with Gasteiger partial charge in [0.05, 0.1) is 11.0 Å². The Kier molecular flexibility index (Phi) is 13.5. The Labute approximate surface area is 267 Å². The summed E-state index contributed by atoms with van der Waals surface area (Å²) >= 11 is 0. The normalized spacial score (nSPS) is 12.0. The summed E-state index contributed by atoms with van der Waals surface area (Å²) in [5.74, 6) is 2.02. The molecule has 0 saturated carbocycles. The Morgan fingerprint density at radius 1 is 0.682 bits per heavy atom. The average molecular weight is 598 g/mol. The van der Waals surface area contributed by atoms with Gasteiger partial charge in [-0.1, -0.05) is 127 Å². The Morgan fingerprint density at radius 3 is 1.95 bits per heavy atom. The second-order valence-corrected chi connectivity index (χ2v) is 13.8. The number of pyridine rings is 1. The average Bonchev–Trinajstić information content (AvgIpc) is 3.37. The predicted molar refractivity (Wildman–Crippen MR) is 191 cm³/mol. The second kappa shape index (κ2) is 17.5. The van der Waals surface area contributed by atoms with Crippen LogP contribution in [0.25, 0.3) is 21.9 Å². The zero-order valence-corrected chi connectivity index (χ0v) is 28.5. The first-order chi connectivity index (χ1) is 21.4. The quantitative estimate of drug-likeness (QED) is 0.0995. The molecule has 2 aromatic carbocycles. The molecule has 0 unspecified atom stereocenters. The first kappa shape index (κ1) is 34.0. The molecule has 2 N–H and O–H groups in total. The number of hydrogen-bond donors (Lipinski definition) is 2. The van der Waals surface area contributed by atoms with Gasteiger partial charge in [-0.2, -0.15) is 0 Å². The van der Waals surface area contributed by atoms with E-state index >= 15 is 0 Å². The molecule has 0 atom stereocenters. The summed E-state index contributed by atoms with van der Waals surface area (Å²) in [6, 6.07) is 17.7. The Balaban J connectivity index is 1.34. The monoisotopic (exact) mass is 597 g/mol. The molecule has 0 aliphatic rings. The van der Waals surface area contributed by atoms with Crippen molar-refractivity contribution in [2.75, 3.05) is 11.9 Å². The number of imidazole rings is 1. The predicted octanol–water partition coefficient (Wildman–Crippen LogP) is 10.6. The van der Waals surface area contributed by atoms with E-state index in [0.29, 0.717) is 0 Å². The van der Waals surface area contributed by atoms with Crippen molar-refractivity contribution in [3.63, 3.8) is 0 Å². The number of para-hydroxylation sites is 1. The van der Waals surface area contributed by atoms with Gasteiger partial charge in [-0.15, -0.1) is 0 Å². The number of anilines is 1. The van der Waals surface area contributed by atoms with Crippen molar-refractivity contribution in [3.8, 4) is 0 Å². The van der Waals surface area contributed by atoms with Crippen LogP contribution in [0.5, 0.6) is 0 Å². The maximum Gasteiger partial charge on any atom is 0.155 e. The molecule has 0 fully saturated rings. The molecule has 2 heterocycles. The summed E-state index contributed by atoms with van der Waals surface area (Å²) in [4.78, 5) is 10.2. The third kappa shape index (κ3) is 10.3. The van der Waals surface area contributed by atoms with Crippen LogP contribution >= 0.6 is 0 Å². The summed E-state index contributed by atoms with van der Waals surface area (Å²) in [7, 11) is 0. The number of aryl methyl sites for hydroxylation is 1. The molecule has 4 aromatic rings. The van der Waals surface area contributed by atoms with Crippen LogP contribution in [0.15, 0.2) is 48.5 Å². The Hall–Kier alpha value is -2.92. The van der Waals surface area contributed by atoms with Gasteiger partial charge in [-0.25, -0.2) is 9.97 Å². The van der Waals surface area contributed by atoms with Crippen molar-refractivity contribution in [2.24, 2.45) is 0 Å². The summed E-state index contributed by atoms with van der Waals surface area (Å²) < 4.78 is 2.45. The SMILES string of the molecule is CCCCCCCCCCCCCNCc1ccc(Cn2c(CCCC)nc3c(NC(C)(C)C)nc4ccccc4c32)cc1. The van der Waals surface area contributed by atoms with Crippen molar-refractivity contribution in [2.45, 2.75) is 143 Å². The second-order valence-electron chi connectivity index (χ2n) is 13.8. The largest absolute Gasteiger partial charge is 0.364 e. The van der Waals surface area contributed by atoms with Gasteiger partial charge in [-0.05, 0) is 57.4 Å². The van der Waals surface area contributed by atoms with Crippen LogP contribution in [-0.4, -0.2) is 26.6 Å². The molecule has 0 amide bonds. The Bertz CT molecular complexity index is 1400. The summed E-state index contributed by atoms with van der Waals surface area (Å²) in [5.41, 5.74) is 5.73. The van der Waals surface area contributed by atoms with Crippen LogP contribution in [0, 0.1) is 0 Å². The fourth-order valence-electron chi connectivity index (χ4n) is 6.11. The molecule has 0 saturated heterocycles. The fourth-order valence-corrected chi connectivity index (χ4v) is 6.11. The van der Waals surface area contributed by atoms with E-state index in [-0.39, 0.29) is 5.54 Å². The van der Waals surface area contributed by atoms with Gasteiger partial charge in [0, 0.05) is 30.4 Å². The van der Waals surface area contributed by atoms with Gasteiger partial charge in [0.15, 0.2) is 5.82 Å². The first-order valence-electron chi connectivity index (χ1n) is 17.7. The minimum absolute atomic E-state index is 0.104. The zero-order chi connectivity index (χ0) is 31.2. The topological polar surface area (TPSA) is 54.8 Å². The van der Waals surface area contributed by atoms with Crippen LogP contribution < -0.4 is 10.6 Å². The number of aromatic nitrogens is 3. The molecule has 240 valence electrons. The van der Waals surface area contributed by atoms with Crippen LogP contribution in [0.2, 0.25) is 0 Å². The molecule has 0 radical (unpaired) electrons. The van der Waals surface area contributed by atoms with Crippen molar-refractivity contribution in [3.05, 3.63) is 65.5 Å². The minimum atomic E-state index is -0.104. The number of nitrogens with one attached hydrogen (secondary N) is 2. The fraction of sp³-hybridized carbons (Fsp3) is 0.590. The van der Waals surface area contributed by atoms with Gasteiger partial charge in [0.25, 0.3) is 0 Å². The number of hydrogen-bond acceptors (Lipinski definition) is 4. The standard InChI is InChI=1S/C39H59N5/c1-6-8-10-11-12-13-14-15-16-17-20-28-40-29-31-24-26-32(27-25-31)30-44-35(23-9-7-2)42-36-37(44)33-21-18-19-22-34(33)41-38(36)43-39(3,4)5/h18-19,21-22,24-27,40H,6-17,20,23,28-30H2,1-5H3,(H,41,43). The smallest absolute Gasteiger partial charge is 0.155 e. The molecule has 0 aliphatic carbocycles. The molecular weight excluding hydrogens is 538 g/mol. The highest BCUT2D eigenvalue weighted by Crippen LogP contribution is 2.32. The van der Waals surface area contributed by atoms with Crippen molar-refractivity contribution < 1.29 is 0 Å². The number of nitrogens with zero attached hydrogens (tertiary/aromatic N) is 3. The van der Waals surface area contributed by atoms with Gasteiger partial charge in [0.1, 0.15) is 11.3 Å². The van der Waals surface area contributed by atoms with E-state index in [1.807, 2.05) is 0 Å². The molecule has 5 heteroatoms. The molecule has 0 bridgehead atoms. The molecule has 0 aliphatic heterocycles. The van der Waals surface area contributed by atoms with E-state index in [1.165, 1.54) is 92.7 Å². The number of unbranched alkanes of at least 4 members (excludes halogenated alkanes) is 11. The highest BCUT2D eigenvalue weighted by molar-refractivity contribution is 6.07. The van der Waals surface area contributed by atoms with Gasteiger partial charge >= 0.3 is 0 Å². The lowest BCUT2D eigenvalue weighted by Gasteiger charge is -2.22. The zero-order valence-electron chi connectivity index (χ0n) is 28.5. The van der Waals surface area contributed by atoms with E-state index < -0.39 is 0 Å². The third-order valence-corrected chi connectivity index (χ3v) is 8.56.